The van der Waals surface area contributed by atoms with E-state index in [4.69, 9.17) is 11.6 Å². The number of rotatable bonds is 5. The van der Waals surface area contributed by atoms with Crippen LogP contribution < -0.4 is 0 Å². The van der Waals surface area contributed by atoms with Gasteiger partial charge in [0.25, 0.3) is 0 Å². The van der Waals surface area contributed by atoms with Crippen molar-refractivity contribution in [2.45, 2.75) is 46.1 Å². The van der Waals surface area contributed by atoms with Gasteiger partial charge in [0.05, 0.1) is 16.0 Å². The molecule has 1 atom stereocenters. The van der Waals surface area contributed by atoms with E-state index in [9.17, 15) is 5.11 Å². The number of halogens is 1. The molecule has 86 valence electrons. The van der Waals surface area contributed by atoms with Crippen LogP contribution in [0.1, 0.15) is 49.7 Å². The highest BCUT2D eigenvalue weighted by molar-refractivity contribution is 7.10. The second-order valence-electron chi connectivity index (χ2n) is 4.03. The van der Waals surface area contributed by atoms with Crippen molar-refractivity contribution >= 4 is 22.9 Å². The van der Waals surface area contributed by atoms with Crippen LogP contribution in [-0.2, 0) is 0 Å². The minimum atomic E-state index is -0.388. The van der Waals surface area contributed by atoms with Gasteiger partial charge in [0, 0.05) is 0 Å². The average molecular weight is 247 g/mol. The molecule has 1 N–H and O–H groups in total. The molecule has 3 heteroatoms. The third-order valence-electron chi connectivity index (χ3n) is 2.94. The topological polar surface area (TPSA) is 20.2 Å². The summed E-state index contributed by atoms with van der Waals surface area (Å²) < 4.78 is 0. The highest BCUT2D eigenvalue weighted by atomic mass is 35.5. The summed E-state index contributed by atoms with van der Waals surface area (Å²) in [6, 6.07) is 0. The van der Waals surface area contributed by atoms with Crippen LogP contribution in [0, 0.1) is 12.8 Å². The fraction of sp³-hybridized carbons (Fsp3) is 0.667. The van der Waals surface area contributed by atoms with Crippen molar-refractivity contribution in [3.8, 4) is 0 Å². The molecule has 0 aliphatic rings. The Hall–Kier alpha value is -0.0500. The zero-order valence-electron chi connectivity index (χ0n) is 9.59. The number of aliphatic hydroxyl groups is 1. The zero-order chi connectivity index (χ0) is 11.4. The van der Waals surface area contributed by atoms with Gasteiger partial charge in [0.2, 0.25) is 0 Å². The van der Waals surface area contributed by atoms with Gasteiger partial charge in [0.15, 0.2) is 0 Å². The van der Waals surface area contributed by atoms with Gasteiger partial charge in [0.1, 0.15) is 0 Å². The molecule has 0 aliphatic carbocycles. The van der Waals surface area contributed by atoms with Crippen molar-refractivity contribution in [3.63, 3.8) is 0 Å². The number of aryl methyl sites for hydroxylation is 1. The Morgan fingerprint density at radius 2 is 2.00 bits per heavy atom. The minimum absolute atomic E-state index is 0.388. The fourth-order valence-electron chi connectivity index (χ4n) is 1.72. The summed E-state index contributed by atoms with van der Waals surface area (Å²) in [5.74, 6) is 0.596. The van der Waals surface area contributed by atoms with E-state index in [2.05, 4.69) is 13.8 Å². The second-order valence-corrected chi connectivity index (χ2v) is 5.32. The summed E-state index contributed by atoms with van der Waals surface area (Å²) in [6.07, 6.45) is 2.68. The largest absolute Gasteiger partial charge is 0.388 e. The van der Waals surface area contributed by atoms with E-state index in [1.54, 1.807) is 11.3 Å². The van der Waals surface area contributed by atoms with Gasteiger partial charge < -0.3 is 5.11 Å². The summed E-state index contributed by atoms with van der Waals surface area (Å²) >= 11 is 7.69. The summed E-state index contributed by atoms with van der Waals surface area (Å²) in [5.41, 5.74) is 1.07. The van der Waals surface area contributed by atoms with Gasteiger partial charge in [-0.2, -0.15) is 0 Å². The van der Waals surface area contributed by atoms with Crippen LogP contribution in [0.5, 0.6) is 0 Å². The Morgan fingerprint density at radius 1 is 1.40 bits per heavy atom. The molecule has 1 rings (SSSR count). The molecular weight excluding hydrogens is 228 g/mol. The van der Waals surface area contributed by atoms with Crippen molar-refractivity contribution in [1.82, 2.24) is 0 Å². The third-order valence-corrected chi connectivity index (χ3v) is 4.75. The highest BCUT2D eigenvalue weighted by Gasteiger charge is 2.18. The number of hydrogen-bond acceptors (Lipinski definition) is 2. The van der Waals surface area contributed by atoms with Gasteiger partial charge in [-0.25, -0.2) is 0 Å². The summed E-state index contributed by atoms with van der Waals surface area (Å²) in [4.78, 5) is 0.932. The molecule has 0 saturated heterocycles. The number of hydrogen-bond donors (Lipinski definition) is 1. The monoisotopic (exact) mass is 246 g/mol. The highest BCUT2D eigenvalue weighted by Crippen LogP contribution is 2.36. The molecule has 0 saturated carbocycles. The van der Waals surface area contributed by atoms with E-state index in [1.165, 1.54) is 0 Å². The third kappa shape index (κ3) is 3.20. The molecule has 1 nitrogen and oxygen atoms in total. The predicted octanol–water partition coefficient (Wildman–Crippen LogP) is 4.57. The summed E-state index contributed by atoms with van der Waals surface area (Å²) in [7, 11) is 0. The summed E-state index contributed by atoms with van der Waals surface area (Å²) in [5, 5.41) is 12.8. The molecular formula is C12H19ClOS. The molecule has 1 aromatic rings. The molecule has 15 heavy (non-hydrogen) atoms. The maximum Gasteiger partial charge on any atom is 0.0899 e. The molecule has 1 heterocycles. The molecule has 0 bridgehead atoms. The maximum absolute atomic E-state index is 10.1. The predicted molar refractivity (Wildman–Crippen MR) is 67.7 cm³/mol. The standard InChI is InChI=1S/C12H19ClOS/c1-4-9(5-2)6-10(14)12-11(13)8(3)7-15-12/h7,9-10,14H,4-6H2,1-3H3. The van der Waals surface area contributed by atoms with Crippen LogP contribution in [0.3, 0.4) is 0 Å². The van der Waals surface area contributed by atoms with E-state index >= 15 is 0 Å². The SMILES string of the molecule is CCC(CC)CC(O)c1scc(C)c1Cl. The van der Waals surface area contributed by atoms with Gasteiger partial charge in [-0.05, 0) is 30.2 Å². The average Bonchev–Trinajstić information content (AvgIpc) is 2.56. The first kappa shape index (κ1) is 13.0. The van der Waals surface area contributed by atoms with Crippen molar-refractivity contribution in [3.05, 3.63) is 20.8 Å². The lowest BCUT2D eigenvalue weighted by Crippen LogP contribution is -2.05. The normalized spacial score (nSPS) is 13.5. The van der Waals surface area contributed by atoms with E-state index in [-0.39, 0.29) is 6.10 Å². The van der Waals surface area contributed by atoms with Crippen LogP contribution in [0.4, 0.5) is 0 Å². The maximum atomic E-state index is 10.1. The van der Waals surface area contributed by atoms with Gasteiger partial charge >= 0.3 is 0 Å². The Kier molecular flexibility index (Phi) is 5.10. The molecule has 0 spiro atoms. The number of aliphatic hydroxyl groups excluding tert-OH is 1. The molecule has 0 aliphatic heterocycles. The van der Waals surface area contributed by atoms with Crippen LogP contribution >= 0.6 is 22.9 Å². The minimum Gasteiger partial charge on any atom is -0.388 e. The van der Waals surface area contributed by atoms with Crippen LogP contribution in [0.15, 0.2) is 5.38 Å². The second kappa shape index (κ2) is 5.88. The lowest BCUT2D eigenvalue weighted by atomic mass is 9.95. The van der Waals surface area contributed by atoms with Crippen molar-refractivity contribution in [2.75, 3.05) is 0 Å². The van der Waals surface area contributed by atoms with E-state index < -0.39 is 0 Å². The Labute approximate surface area is 101 Å². The van der Waals surface area contributed by atoms with Crippen molar-refractivity contribution < 1.29 is 5.11 Å². The van der Waals surface area contributed by atoms with Crippen LogP contribution in [0.2, 0.25) is 5.02 Å². The molecule has 1 unspecified atom stereocenters. The van der Waals surface area contributed by atoms with Crippen molar-refractivity contribution in [2.24, 2.45) is 5.92 Å². The van der Waals surface area contributed by atoms with E-state index in [0.717, 1.165) is 34.7 Å². The summed E-state index contributed by atoms with van der Waals surface area (Å²) in [6.45, 7) is 6.32. The van der Waals surface area contributed by atoms with Gasteiger partial charge in [-0.1, -0.05) is 38.3 Å². The lowest BCUT2D eigenvalue weighted by Gasteiger charge is -2.16. The smallest absolute Gasteiger partial charge is 0.0899 e. The quantitative estimate of drug-likeness (QED) is 0.807. The first-order chi connectivity index (χ1) is 7.10. The lowest BCUT2D eigenvalue weighted by molar-refractivity contribution is 0.144. The van der Waals surface area contributed by atoms with E-state index in [1.807, 2.05) is 12.3 Å². The zero-order valence-corrected chi connectivity index (χ0v) is 11.2. The van der Waals surface area contributed by atoms with E-state index in [0.29, 0.717) is 5.92 Å². The van der Waals surface area contributed by atoms with Gasteiger partial charge in [-0.3, -0.25) is 0 Å². The molecule has 0 fully saturated rings. The molecule has 1 aromatic heterocycles. The fourth-order valence-corrected chi connectivity index (χ4v) is 3.04. The Bertz CT molecular complexity index is 305. The Balaban J connectivity index is 2.68. The molecule has 0 aromatic carbocycles. The molecule has 0 radical (unpaired) electrons. The first-order valence-corrected chi connectivity index (χ1v) is 6.77. The number of thiophene rings is 1. The Morgan fingerprint density at radius 3 is 2.40 bits per heavy atom. The molecule has 0 amide bonds. The van der Waals surface area contributed by atoms with Crippen LogP contribution in [0.25, 0.3) is 0 Å². The van der Waals surface area contributed by atoms with Gasteiger partial charge in [-0.15, -0.1) is 11.3 Å². The first-order valence-electron chi connectivity index (χ1n) is 5.51. The van der Waals surface area contributed by atoms with Crippen LogP contribution in [-0.4, -0.2) is 5.11 Å². The van der Waals surface area contributed by atoms with Crippen molar-refractivity contribution in [1.29, 1.82) is 0 Å².